The van der Waals surface area contributed by atoms with Crippen molar-refractivity contribution in [2.75, 3.05) is 23.9 Å². The van der Waals surface area contributed by atoms with Gasteiger partial charge in [0.25, 0.3) is 5.91 Å². The molecule has 3 N–H and O–H groups in total. The van der Waals surface area contributed by atoms with E-state index in [4.69, 9.17) is 4.74 Å². The maximum atomic E-state index is 14.0. The molecule has 1 unspecified atom stereocenters. The predicted molar refractivity (Wildman–Crippen MR) is 141 cm³/mol. The van der Waals surface area contributed by atoms with Crippen LogP contribution in [0.15, 0.2) is 67.1 Å². The fraction of sp³-hybridized carbons (Fsp3) is 0.357. The van der Waals surface area contributed by atoms with Gasteiger partial charge in [0.05, 0.1) is 31.1 Å². The molecule has 0 saturated carbocycles. The lowest BCUT2D eigenvalue weighted by atomic mass is 9.87. The highest BCUT2D eigenvalue weighted by atomic mass is 16.5. The number of aliphatic hydroxyl groups is 1. The molecule has 2 aromatic heterocycles. The standard InChI is InChI=1S/C28H33N5O4/c1-28(2,3)19-7-10-21(11-8-19)33(27(36)23-14-22(34)17-30-23)25(18-6-5-13-29-15-18)26(35)32-20-9-12-24(37-4)31-16-20/h5-13,15-16,22-23,25,30,34H,14,17H2,1-4H3,(H,32,35)/t22-,23-,25?/m1/s1. The van der Waals surface area contributed by atoms with Crippen LogP contribution in [-0.4, -0.2) is 52.7 Å². The number of carbonyl (C=O) groups excluding carboxylic acids is 2. The third-order valence-corrected chi connectivity index (χ3v) is 6.37. The van der Waals surface area contributed by atoms with Crippen LogP contribution >= 0.6 is 0 Å². The van der Waals surface area contributed by atoms with Crippen molar-refractivity contribution >= 4 is 23.2 Å². The fourth-order valence-corrected chi connectivity index (χ4v) is 4.34. The summed E-state index contributed by atoms with van der Waals surface area (Å²) in [5.74, 6) is -0.313. The molecule has 0 aliphatic carbocycles. The van der Waals surface area contributed by atoms with E-state index in [9.17, 15) is 14.7 Å². The van der Waals surface area contributed by atoms with Crippen LogP contribution in [0.3, 0.4) is 0 Å². The first-order chi connectivity index (χ1) is 17.7. The minimum Gasteiger partial charge on any atom is -0.481 e. The van der Waals surface area contributed by atoms with Gasteiger partial charge < -0.3 is 20.5 Å². The van der Waals surface area contributed by atoms with Crippen LogP contribution in [0.2, 0.25) is 0 Å². The molecule has 4 rings (SSSR count). The molecule has 2 amide bonds. The topological polar surface area (TPSA) is 117 Å². The number of benzene rings is 1. The molecule has 0 spiro atoms. The Balaban J connectivity index is 1.77. The summed E-state index contributed by atoms with van der Waals surface area (Å²) in [5.41, 5.74) is 2.60. The van der Waals surface area contributed by atoms with Crippen LogP contribution in [0, 0.1) is 0 Å². The Labute approximate surface area is 216 Å². The third-order valence-electron chi connectivity index (χ3n) is 6.37. The summed E-state index contributed by atoms with van der Waals surface area (Å²) in [4.78, 5) is 37.6. The quantitative estimate of drug-likeness (QED) is 0.453. The summed E-state index contributed by atoms with van der Waals surface area (Å²) in [6, 6.07) is 12.8. The number of anilines is 2. The number of aromatic nitrogens is 2. The molecule has 1 aliphatic rings. The molecule has 0 radical (unpaired) electrons. The van der Waals surface area contributed by atoms with Crippen LogP contribution < -0.4 is 20.3 Å². The Morgan fingerprint density at radius 1 is 1.14 bits per heavy atom. The van der Waals surface area contributed by atoms with Gasteiger partial charge in [-0.1, -0.05) is 39.0 Å². The molecular weight excluding hydrogens is 470 g/mol. The SMILES string of the molecule is COc1ccc(NC(=O)C(c2cccnc2)N(C(=O)[C@H]2C[C@@H](O)CN2)c2ccc(C(C)(C)C)cc2)cn1. The molecule has 1 fully saturated rings. The second-order valence-electron chi connectivity index (χ2n) is 10.1. The Kier molecular flexibility index (Phi) is 7.85. The zero-order valence-corrected chi connectivity index (χ0v) is 21.5. The summed E-state index contributed by atoms with van der Waals surface area (Å²) < 4.78 is 5.11. The molecular formula is C28H33N5O4. The number of nitrogens with zero attached hydrogens (tertiary/aromatic N) is 3. The van der Waals surface area contributed by atoms with Crippen molar-refractivity contribution in [1.29, 1.82) is 0 Å². The summed E-state index contributed by atoms with van der Waals surface area (Å²) in [6.45, 7) is 6.66. The maximum absolute atomic E-state index is 14.0. The number of nitrogens with one attached hydrogen (secondary N) is 2. The van der Waals surface area contributed by atoms with E-state index in [-0.39, 0.29) is 17.7 Å². The van der Waals surface area contributed by atoms with E-state index < -0.39 is 24.1 Å². The zero-order chi connectivity index (χ0) is 26.6. The van der Waals surface area contributed by atoms with Crippen molar-refractivity contribution in [1.82, 2.24) is 15.3 Å². The van der Waals surface area contributed by atoms with Gasteiger partial charge in [-0.05, 0) is 41.7 Å². The average molecular weight is 504 g/mol. The van der Waals surface area contributed by atoms with Crippen LogP contribution in [0.4, 0.5) is 11.4 Å². The number of aliphatic hydroxyl groups excluding tert-OH is 1. The Morgan fingerprint density at radius 2 is 1.89 bits per heavy atom. The molecule has 9 heteroatoms. The average Bonchev–Trinajstić information content (AvgIpc) is 3.33. The van der Waals surface area contributed by atoms with Crippen LogP contribution in [0.25, 0.3) is 0 Å². The van der Waals surface area contributed by atoms with Crippen molar-refractivity contribution in [3.63, 3.8) is 0 Å². The molecule has 3 heterocycles. The summed E-state index contributed by atoms with van der Waals surface area (Å²) in [7, 11) is 1.52. The van der Waals surface area contributed by atoms with E-state index in [2.05, 4.69) is 41.4 Å². The number of carbonyl (C=O) groups is 2. The van der Waals surface area contributed by atoms with Gasteiger partial charge >= 0.3 is 0 Å². The fourth-order valence-electron chi connectivity index (χ4n) is 4.34. The minimum absolute atomic E-state index is 0.0774. The lowest BCUT2D eigenvalue weighted by Crippen LogP contribution is -2.48. The third kappa shape index (κ3) is 6.12. The van der Waals surface area contributed by atoms with Gasteiger partial charge in [0.2, 0.25) is 11.8 Å². The van der Waals surface area contributed by atoms with Gasteiger partial charge in [-0.25, -0.2) is 4.98 Å². The molecule has 0 bridgehead atoms. The Bertz CT molecular complexity index is 1210. The molecule has 3 atom stereocenters. The number of methoxy groups -OCH3 is 1. The number of pyridine rings is 2. The van der Waals surface area contributed by atoms with E-state index >= 15 is 0 Å². The molecule has 37 heavy (non-hydrogen) atoms. The first kappa shape index (κ1) is 26.2. The highest BCUT2D eigenvalue weighted by Crippen LogP contribution is 2.32. The van der Waals surface area contributed by atoms with Gasteiger partial charge in [0.1, 0.15) is 6.04 Å². The molecule has 1 aromatic carbocycles. The second kappa shape index (κ2) is 11.1. The number of hydrogen-bond acceptors (Lipinski definition) is 7. The van der Waals surface area contributed by atoms with Crippen molar-refractivity contribution < 1.29 is 19.4 Å². The summed E-state index contributed by atoms with van der Waals surface area (Å²) in [5, 5.41) is 16.1. The lowest BCUT2D eigenvalue weighted by molar-refractivity contribution is -0.125. The van der Waals surface area contributed by atoms with Gasteiger partial charge in [-0.3, -0.25) is 19.5 Å². The molecule has 1 saturated heterocycles. The van der Waals surface area contributed by atoms with Gasteiger partial charge in [-0.2, -0.15) is 0 Å². The highest BCUT2D eigenvalue weighted by Gasteiger charge is 2.39. The van der Waals surface area contributed by atoms with Crippen molar-refractivity contribution in [3.05, 3.63) is 78.2 Å². The number of rotatable bonds is 7. The normalized spacial score (nSPS) is 18.2. The van der Waals surface area contributed by atoms with Gasteiger partial charge in [-0.15, -0.1) is 0 Å². The molecule has 194 valence electrons. The molecule has 9 nitrogen and oxygen atoms in total. The van der Waals surface area contributed by atoms with E-state index in [1.165, 1.54) is 18.2 Å². The van der Waals surface area contributed by atoms with Crippen LogP contribution in [-0.2, 0) is 15.0 Å². The number of hydrogen-bond donors (Lipinski definition) is 3. The van der Waals surface area contributed by atoms with E-state index in [0.717, 1.165) is 5.56 Å². The van der Waals surface area contributed by atoms with Crippen molar-refractivity contribution in [2.45, 2.75) is 50.8 Å². The number of β-amino-alcohol motifs (C(OH)–C–C–N with tert-alkyl or cyclic N) is 1. The van der Waals surface area contributed by atoms with Crippen molar-refractivity contribution in [2.24, 2.45) is 0 Å². The Hall–Kier alpha value is -3.82. The predicted octanol–water partition coefficient (Wildman–Crippen LogP) is 3.22. The number of amides is 2. The number of ether oxygens (including phenoxy) is 1. The highest BCUT2D eigenvalue weighted by molar-refractivity contribution is 6.07. The first-order valence-electron chi connectivity index (χ1n) is 12.2. The van der Waals surface area contributed by atoms with E-state index in [1.54, 1.807) is 36.7 Å². The van der Waals surface area contributed by atoms with Gasteiger partial charge in [0, 0.05) is 36.3 Å². The minimum atomic E-state index is -1.02. The van der Waals surface area contributed by atoms with Gasteiger partial charge in [0.15, 0.2) is 0 Å². The van der Waals surface area contributed by atoms with E-state index in [0.29, 0.717) is 29.4 Å². The van der Waals surface area contributed by atoms with E-state index in [1.807, 2.05) is 24.3 Å². The smallest absolute Gasteiger partial charge is 0.252 e. The first-order valence-corrected chi connectivity index (χ1v) is 12.2. The molecule has 3 aromatic rings. The lowest BCUT2D eigenvalue weighted by Gasteiger charge is -2.33. The van der Waals surface area contributed by atoms with Crippen LogP contribution in [0.5, 0.6) is 5.88 Å². The largest absolute Gasteiger partial charge is 0.481 e. The summed E-state index contributed by atoms with van der Waals surface area (Å²) in [6.07, 6.45) is 4.33. The van der Waals surface area contributed by atoms with Crippen LogP contribution in [0.1, 0.15) is 44.4 Å². The summed E-state index contributed by atoms with van der Waals surface area (Å²) >= 11 is 0. The zero-order valence-electron chi connectivity index (χ0n) is 21.5. The monoisotopic (exact) mass is 503 g/mol. The maximum Gasteiger partial charge on any atom is 0.252 e. The molecule has 1 aliphatic heterocycles. The second-order valence-corrected chi connectivity index (χ2v) is 10.1. The van der Waals surface area contributed by atoms with Crippen molar-refractivity contribution in [3.8, 4) is 5.88 Å². The Morgan fingerprint density at radius 3 is 2.43 bits per heavy atom.